The fourth-order valence-corrected chi connectivity index (χ4v) is 1.65. The topological polar surface area (TPSA) is 58.3 Å². The smallest absolute Gasteiger partial charge is 0.0431 e. The van der Waals surface area contributed by atoms with Crippen LogP contribution in [0.2, 0.25) is 0 Å². The van der Waals surface area contributed by atoms with Crippen LogP contribution < -0.4 is 11.1 Å². The average Bonchev–Trinajstić information content (AvgIpc) is 2.25. The van der Waals surface area contributed by atoms with Crippen LogP contribution in [0.1, 0.15) is 52.4 Å². The van der Waals surface area contributed by atoms with Gasteiger partial charge in [0, 0.05) is 18.7 Å². The van der Waals surface area contributed by atoms with Crippen molar-refractivity contribution in [3.63, 3.8) is 0 Å². The Kier molecular flexibility index (Phi) is 9.06. The van der Waals surface area contributed by atoms with Gasteiger partial charge in [0.25, 0.3) is 0 Å². The standard InChI is InChI=1S/C12H28N2O/c1-3-4-5-8-12(2,11-13)14-9-6-7-10-15/h14-15H,3-11,13H2,1-2H3. The van der Waals surface area contributed by atoms with Crippen molar-refractivity contribution >= 4 is 0 Å². The van der Waals surface area contributed by atoms with E-state index in [1.165, 1.54) is 19.3 Å². The van der Waals surface area contributed by atoms with Crippen molar-refractivity contribution in [2.75, 3.05) is 19.7 Å². The van der Waals surface area contributed by atoms with Gasteiger partial charge in [-0.15, -0.1) is 0 Å². The van der Waals surface area contributed by atoms with Gasteiger partial charge in [-0.05, 0) is 32.7 Å². The normalized spacial score (nSPS) is 15.2. The fraction of sp³-hybridized carbons (Fsp3) is 1.00. The summed E-state index contributed by atoms with van der Waals surface area (Å²) in [6.45, 7) is 6.35. The fourth-order valence-electron chi connectivity index (χ4n) is 1.65. The summed E-state index contributed by atoms with van der Waals surface area (Å²) in [4.78, 5) is 0. The van der Waals surface area contributed by atoms with E-state index in [2.05, 4.69) is 19.2 Å². The monoisotopic (exact) mass is 216 g/mol. The molecular weight excluding hydrogens is 188 g/mol. The molecule has 0 spiro atoms. The van der Waals surface area contributed by atoms with E-state index < -0.39 is 0 Å². The molecule has 3 nitrogen and oxygen atoms in total. The highest BCUT2D eigenvalue weighted by molar-refractivity contribution is 4.83. The van der Waals surface area contributed by atoms with Crippen LogP contribution in [0.5, 0.6) is 0 Å². The van der Waals surface area contributed by atoms with Gasteiger partial charge >= 0.3 is 0 Å². The summed E-state index contributed by atoms with van der Waals surface area (Å²) < 4.78 is 0. The summed E-state index contributed by atoms with van der Waals surface area (Å²) >= 11 is 0. The third kappa shape index (κ3) is 7.77. The van der Waals surface area contributed by atoms with Gasteiger partial charge < -0.3 is 16.2 Å². The summed E-state index contributed by atoms with van der Waals surface area (Å²) in [5.41, 5.74) is 5.88. The number of aliphatic hydroxyl groups is 1. The van der Waals surface area contributed by atoms with Crippen LogP contribution in [-0.2, 0) is 0 Å². The highest BCUT2D eigenvalue weighted by Gasteiger charge is 2.20. The number of nitrogens with two attached hydrogens (primary N) is 1. The predicted molar refractivity (Wildman–Crippen MR) is 65.9 cm³/mol. The van der Waals surface area contributed by atoms with Crippen LogP contribution in [-0.4, -0.2) is 30.3 Å². The molecule has 0 aromatic heterocycles. The zero-order valence-corrected chi connectivity index (χ0v) is 10.4. The van der Waals surface area contributed by atoms with Crippen LogP contribution in [0.25, 0.3) is 0 Å². The first kappa shape index (κ1) is 14.9. The molecule has 4 N–H and O–H groups in total. The van der Waals surface area contributed by atoms with Gasteiger partial charge in [-0.3, -0.25) is 0 Å². The number of unbranched alkanes of at least 4 members (excludes halogenated alkanes) is 3. The number of rotatable bonds is 10. The van der Waals surface area contributed by atoms with Crippen LogP contribution in [0, 0.1) is 0 Å². The minimum absolute atomic E-state index is 0.0879. The van der Waals surface area contributed by atoms with Crippen molar-refractivity contribution in [2.24, 2.45) is 5.73 Å². The molecule has 0 aliphatic carbocycles. The second-order valence-electron chi connectivity index (χ2n) is 4.58. The average molecular weight is 216 g/mol. The van der Waals surface area contributed by atoms with Gasteiger partial charge in [0.2, 0.25) is 0 Å². The zero-order valence-electron chi connectivity index (χ0n) is 10.4. The second kappa shape index (κ2) is 9.13. The van der Waals surface area contributed by atoms with E-state index in [1.54, 1.807) is 0 Å². The first-order valence-corrected chi connectivity index (χ1v) is 6.24. The Morgan fingerprint density at radius 1 is 1.20 bits per heavy atom. The lowest BCUT2D eigenvalue weighted by atomic mass is 9.94. The molecule has 0 aliphatic rings. The Morgan fingerprint density at radius 3 is 2.47 bits per heavy atom. The number of hydrogen-bond donors (Lipinski definition) is 3. The summed E-state index contributed by atoms with van der Waals surface area (Å²) in [6, 6.07) is 0. The second-order valence-corrected chi connectivity index (χ2v) is 4.58. The molecule has 0 aliphatic heterocycles. The molecule has 0 aromatic rings. The maximum absolute atomic E-state index is 8.67. The highest BCUT2D eigenvalue weighted by Crippen LogP contribution is 2.13. The van der Waals surface area contributed by atoms with Crippen molar-refractivity contribution in [1.82, 2.24) is 5.32 Å². The first-order valence-electron chi connectivity index (χ1n) is 6.24. The van der Waals surface area contributed by atoms with Gasteiger partial charge in [-0.1, -0.05) is 26.2 Å². The maximum atomic E-state index is 8.67. The summed E-state index contributed by atoms with van der Waals surface area (Å²) in [7, 11) is 0. The molecule has 0 radical (unpaired) electrons. The lowest BCUT2D eigenvalue weighted by Crippen LogP contribution is -2.48. The Hall–Kier alpha value is -0.120. The van der Waals surface area contributed by atoms with E-state index in [1.807, 2.05) is 0 Å². The van der Waals surface area contributed by atoms with E-state index in [0.29, 0.717) is 6.54 Å². The zero-order chi connectivity index (χ0) is 11.6. The Balaban J connectivity index is 3.65. The van der Waals surface area contributed by atoms with Gasteiger partial charge in [0.1, 0.15) is 0 Å². The van der Waals surface area contributed by atoms with Crippen LogP contribution in [0.15, 0.2) is 0 Å². The molecular formula is C12H28N2O. The quantitative estimate of drug-likeness (QED) is 0.487. The van der Waals surface area contributed by atoms with E-state index in [9.17, 15) is 0 Å². The molecule has 1 atom stereocenters. The summed E-state index contributed by atoms with van der Waals surface area (Å²) in [5, 5.41) is 12.2. The van der Waals surface area contributed by atoms with Crippen molar-refractivity contribution in [3.8, 4) is 0 Å². The van der Waals surface area contributed by atoms with E-state index in [-0.39, 0.29) is 12.1 Å². The molecule has 0 aromatic carbocycles. The largest absolute Gasteiger partial charge is 0.396 e. The van der Waals surface area contributed by atoms with E-state index in [4.69, 9.17) is 10.8 Å². The van der Waals surface area contributed by atoms with E-state index in [0.717, 1.165) is 25.8 Å². The molecule has 0 rings (SSSR count). The predicted octanol–water partition coefficient (Wildman–Crippen LogP) is 1.65. The SMILES string of the molecule is CCCCCC(C)(CN)NCCCCO. The summed E-state index contributed by atoms with van der Waals surface area (Å²) in [6.07, 6.45) is 6.84. The molecule has 3 heteroatoms. The molecule has 0 amide bonds. The number of aliphatic hydroxyl groups excluding tert-OH is 1. The van der Waals surface area contributed by atoms with Gasteiger partial charge in [0.15, 0.2) is 0 Å². The lowest BCUT2D eigenvalue weighted by Gasteiger charge is -2.29. The lowest BCUT2D eigenvalue weighted by molar-refractivity contribution is 0.274. The van der Waals surface area contributed by atoms with Crippen molar-refractivity contribution in [1.29, 1.82) is 0 Å². The van der Waals surface area contributed by atoms with Gasteiger partial charge in [0.05, 0.1) is 0 Å². The van der Waals surface area contributed by atoms with Crippen molar-refractivity contribution < 1.29 is 5.11 Å². The molecule has 0 saturated heterocycles. The van der Waals surface area contributed by atoms with Gasteiger partial charge in [-0.25, -0.2) is 0 Å². The molecule has 1 unspecified atom stereocenters. The first-order chi connectivity index (χ1) is 7.18. The molecule has 0 heterocycles. The van der Waals surface area contributed by atoms with E-state index >= 15 is 0 Å². The summed E-state index contributed by atoms with van der Waals surface area (Å²) in [5.74, 6) is 0. The molecule has 15 heavy (non-hydrogen) atoms. The number of hydrogen-bond acceptors (Lipinski definition) is 3. The van der Waals surface area contributed by atoms with Crippen molar-refractivity contribution in [2.45, 2.75) is 57.9 Å². The Labute approximate surface area is 94.4 Å². The maximum Gasteiger partial charge on any atom is 0.0431 e. The van der Waals surface area contributed by atoms with Gasteiger partial charge in [-0.2, -0.15) is 0 Å². The molecule has 92 valence electrons. The Bertz CT molecular complexity index is 142. The minimum atomic E-state index is 0.0879. The van der Waals surface area contributed by atoms with Crippen LogP contribution in [0.3, 0.4) is 0 Å². The minimum Gasteiger partial charge on any atom is -0.396 e. The highest BCUT2D eigenvalue weighted by atomic mass is 16.2. The number of nitrogens with one attached hydrogen (secondary N) is 1. The van der Waals surface area contributed by atoms with Crippen LogP contribution >= 0.6 is 0 Å². The third-order valence-corrected chi connectivity index (χ3v) is 2.92. The third-order valence-electron chi connectivity index (χ3n) is 2.92. The Morgan fingerprint density at radius 2 is 1.93 bits per heavy atom. The molecule has 0 saturated carbocycles. The molecule has 0 bridgehead atoms. The van der Waals surface area contributed by atoms with Crippen molar-refractivity contribution in [3.05, 3.63) is 0 Å². The molecule has 0 fully saturated rings. The van der Waals surface area contributed by atoms with Crippen LogP contribution in [0.4, 0.5) is 0 Å².